The maximum Gasteiger partial charge on any atom is 0.231 e. The van der Waals surface area contributed by atoms with E-state index < -0.39 is 10.0 Å². The lowest BCUT2D eigenvalue weighted by Gasteiger charge is -2.34. The molecule has 3 aromatic rings. The second-order valence-electron chi connectivity index (χ2n) is 8.90. The molecule has 1 aliphatic carbocycles. The van der Waals surface area contributed by atoms with Crippen LogP contribution in [0.4, 0.5) is 23.1 Å². The Labute approximate surface area is 210 Å². The van der Waals surface area contributed by atoms with Gasteiger partial charge in [-0.25, -0.2) is 13.4 Å². The normalized spacial score (nSPS) is 16.8. The fraction of sp³-hybridized carbons (Fsp3) is 0.333. The Kier molecular flexibility index (Phi) is 6.79. The third-order valence-corrected chi connectivity index (χ3v) is 8.16. The van der Waals surface area contributed by atoms with E-state index >= 15 is 0 Å². The summed E-state index contributed by atoms with van der Waals surface area (Å²) in [4.78, 5) is 16.2. The summed E-state index contributed by atoms with van der Waals surface area (Å²) in [7, 11) is -1.32. The van der Waals surface area contributed by atoms with Crippen LogP contribution >= 0.6 is 11.6 Å². The highest BCUT2D eigenvalue weighted by Gasteiger charge is 2.35. The van der Waals surface area contributed by atoms with Gasteiger partial charge >= 0.3 is 0 Å². The molecule has 3 N–H and O–H groups in total. The number of aromatic nitrogens is 2. The molecule has 2 fully saturated rings. The molecule has 1 saturated carbocycles. The van der Waals surface area contributed by atoms with Crippen LogP contribution < -0.4 is 20.5 Å². The maximum absolute atomic E-state index is 12.4. The number of piperazine rings is 1. The van der Waals surface area contributed by atoms with Gasteiger partial charge < -0.3 is 15.1 Å². The van der Waals surface area contributed by atoms with Crippen molar-refractivity contribution < 1.29 is 8.42 Å². The Balaban J connectivity index is 1.36. The van der Waals surface area contributed by atoms with Gasteiger partial charge in [-0.15, -0.1) is 4.83 Å². The van der Waals surface area contributed by atoms with Gasteiger partial charge in [-0.05, 0) is 61.9 Å². The summed E-state index contributed by atoms with van der Waals surface area (Å²) in [6, 6.07) is 15.4. The van der Waals surface area contributed by atoms with Crippen LogP contribution in [-0.2, 0) is 10.0 Å². The molecule has 5 rings (SSSR count). The number of anilines is 4. The minimum atomic E-state index is -3.46. The number of nitrogens with one attached hydrogen (secondary N) is 3. The average molecular weight is 514 g/mol. The van der Waals surface area contributed by atoms with E-state index in [4.69, 9.17) is 11.6 Å². The average Bonchev–Trinajstić information content (AvgIpc) is 3.71. The molecule has 2 heterocycles. The molecule has 9 nitrogen and oxygen atoms in total. The maximum atomic E-state index is 12.4. The summed E-state index contributed by atoms with van der Waals surface area (Å²) in [6.07, 6.45) is 2.98. The number of rotatable bonds is 8. The number of halogens is 1. The van der Waals surface area contributed by atoms with Gasteiger partial charge in [0.15, 0.2) is 5.82 Å². The first-order valence-electron chi connectivity index (χ1n) is 11.6. The largest absolute Gasteiger partial charge is 0.369 e. The molecule has 1 aliphatic heterocycles. The zero-order valence-corrected chi connectivity index (χ0v) is 21.0. The van der Waals surface area contributed by atoms with Crippen molar-refractivity contribution in [2.24, 2.45) is 0 Å². The predicted molar refractivity (Wildman–Crippen MR) is 141 cm³/mol. The topological polar surface area (TPSA) is 102 Å². The highest BCUT2D eigenvalue weighted by Crippen LogP contribution is 2.31. The molecule has 0 unspecified atom stereocenters. The van der Waals surface area contributed by atoms with Crippen LogP contribution in [0.5, 0.6) is 0 Å². The third kappa shape index (κ3) is 5.84. The lowest BCUT2D eigenvalue weighted by atomic mass is 10.1. The smallest absolute Gasteiger partial charge is 0.231 e. The zero-order chi connectivity index (χ0) is 24.4. The Bertz CT molecular complexity index is 1290. The third-order valence-electron chi connectivity index (χ3n) is 6.19. The Morgan fingerprint density at radius 1 is 1.03 bits per heavy atom. The Morgan fingerprint density at radius 2 is 1.77 bits per heavy atom. The van der Waals surface area contributed by atoms with Crippen LogP contribution in [0.2, 0.25) is 5.02 Å². The number of likely N-dealkylation sites (N-methyl/N-ethyl adjacent to an activating group) is 1. The molecule has 1 saturated heterocycles. The van der Waals surface area contributed by atoms with Crippen molar-refractivity contribution >= 4 is 44.8 Å². The van der Waals surface area contributed by atoms with Crippen molar-refractivity contribution in [3.63, 3.8) is 0 Å². The molecule has 0 spiro atoms. The molecule has 35 heavy (non-hydrogen) atoms. The van der Waals surface area contributed by atoms with Crippen LogP contribution in [-0.4, -0.2) is 61.8 Å². The van der Waals surface area contributed by atoms with Gasteiger partial charge in [0.1, 0.15) is 0 Å². The second kappa shape index (κ2) is 9.98. The summed E-state index contributed by atoms with van der Waals surface area (Å²) >= 11 is 6.17. The van der Waals surface area contributed by atoms with Crippen molar-refractivity contribution in [2.75, 3.05) is 48.9 Å². The van der Waals surface area contributed by atoms with Crippen molar-refractivity contribution in [3.05, 3.63) is 59.8 Å². The van der Waals surface area contributed by atoms with Gasteiger partial charge in [0, 0.05) is 54.3 Å². The van der Waals surface area contributed by atoms with Gasteiger partial charge in [0.2, 0.25) is 16.0 Å². The lowest BCUT2D eigenvalue weighted by molar-refractivity contribution is 0.313. The van der Waals surface area contributed by atoms with Crippen molar-refractivity contribution in [3.8, 4) is 11.1 Å². The summed E-state index contributed by atoms with van der Waals surface area (Å²) < 4.78 is 24.7. The molecule has 0 bridgehead atoms. The number of hydrazine groups is 1. The molecule has 0 atom stereocenters. The van der Waals surface area contributed by atoms with Gasteiger partial charge in [-0.1, -0.05) is 23.7 Å². The molecule has 11 heteroatoms. The highest BCUT2D eigenvalue weighted by molar-refractivity contribution is 7.90. The van der Waals surface area contributed by atoms with Crippen LogP contribution in [0.15, 0.2) is 54.7 Å². The van der Waals surface area contributed by atoms with Gasteiger partial charge in [0.25, 0.3) is 0 Å². The molecule has 0 amide bonds. The second-order valence-corrected chi connectivity index (χ2v) is 11.3. The molecule has 184 valence electrons. The quantitative estimate of drug-likeness (QED) is 0.392. The summed E-state index contributed by atoms with van der Waals surface area (Å²) in [6.45, 7) is 4.10. The van der Waals surface area contributed by atoms with E-state index in [0.717, 1.165) is 37.4 Å². The highest BCUT2D eigenvalue weighted by atomic mass is 35.5. The van der Waals surface area contributed by atoms with Gasteiger partial charge in [0.05, 0.1) is 5.25 Å². The van der Waals surface area contributed by atoms with Gasteiger partial charge in [-0.3, -0.25) is 5.43 Å². The molecule has 0 radical (unpaired) electrons. The summed E-state index contributed by atoms with van der Waals surface area (Å²) in [5.41, 5.74) is 6.21. The standard InChI is InChI=1S/C24H28ClN7O2S/c1-31-11-13-32(14-12-31)20-7-5-19(6-8-20)27-24-26-16-22(17-3-2-4-18(25)15-17)23(28-24)29-30-35(33,34)21-9-10-21/h2-8,15-16,21,30H,9-14H2,1H3,(H2,26,27,28,29). The summed E-state index contributed by atoms with van der Waals surface area (Å²) in [5.74, 6) is 0.680. The minimum absolute atomic E-state index is 0.336. The van der Waals surface area contributed by atoms with E-state index in [2.05, 4.69) is 54.5 Å². The summed E-state index contributed by atoms with van der Waals surface area (Å²) in [5, 5.41) is 3.42. The predicted octanol–water partition coefficient (Wildman–Crippen LogP) is 3.70. The van der Waals surface area contributed by atoms with E-state index in [1.165, 1.54) is 5.69 Å². The monoisotopic (exact) mass is 513 g/mol. The molecule has 2 aliphatic rings. The number of benzene rings is 2. The molecular weight excluding hydrogens is 486 g/mol. The van der Waals surface area contributed by atoms with E-state index in [1.807, 2.05) is 24.3 Å². The minimum Gasteiger partial charge on any atom is -0.369 e. The van der Waals surface area contributed by atoms with E-state index in [-0.39, 0.29) is 5.25 Å². The zero-order valence-electron chi connectivity index (χ0n) is 19.4. The van der Waals surface area contributed by atoms with E-state index in [9.17, 15) is 8.42 Å². The Hall–Kier alpha value is -2.92. The number of hydrogen-bond donors (Lipinski definition) is 3. The van der Waals surface area contributed by atoms with Crippen LogP contribution in [0, 0.1) is 0 Å². The number of sulfonamides is 1. The fourth-order valence-corrected chi connectivity index (χ4v) is 5.29. The first-order chi connectivity index (χ1) is 16.9. The Morgan fingerprint density at radius 3 is 2.46 bits per heavy atom. The molecule has 2 aromatic carbocycles. The van der Waals surface area contributed by atoms with Crippen LogP contribution in [0.25, 0.3) is 11.1 Å². The van der Waals surface area contributed by atoms with Crippen LogP contribution in [0.1, 0.15) is 12.8 Å². The fourth-order valence-electron chi connectivity index (χ4n) is 3.94. The van der Waals surface area contributed by atoms with Crippen LogP contribution in [0.3, 0.4) is 0 Å². The number of nitrogens with zero attached hydrogens (tertiary/aromatic N) is 4. The SMILES string of the molecule is CN1CCN(c2ccc(Nc3ncc(-c4cccc(Cl)c4)c(NNS(=O)(=O)C4CC4)n3)cc2)CC1. The van der Waals surface area contributed by atoms with Crippen molar-refractivity contribution in [2.45, 2.75) is 18.1 Å². The van der Waals surface area contributed by atoms with Gasteiger partial charge in [-0.2, -0.15) is 4.98 Å². The van der Waals surface area contributed by atoms with E-state index in [1.54, 1.807) is 18.3 Å². The first-order valence-corrected chi connectivity index (χ1v) is 13.5. The van der Waals surface area contributed by atoms with Crippen molar-refractivity contribution in [1.29, 1.82) is 0 Å². The molecule has 1 aromatic heterocycles. The first kappa shape index (κ1) is 23.8. The lowest BCUT2D eigenvalue weighted by Crippen LogP contribution is -2.44. The van der Waals surface area contributed by atoms with Crippen molar-refractivity contribution in [1.82, 2.24) is 19.7 Å². The number of hydrogen-bond acceptors (Lipinski definition) is 8. The molecular formula is C24H28ClN7O2S. The van der Waals surface area contributed by atoms with E-state index in [0.29, 0.717) is 35.2 Å².